The summed E-state index contributed by atoms with van der Waals surface area (Å²) in [7, 11) is 1.59. The van der Waals surface area contributed by atoms with Crippen molar-refractivity contribution in [1.82, 2.24) is 5.32 Å². The molecular formula is C35H29N3O4S. The Hall–Kier alpha value is -5.34. The van der Waals surface area contributed by atoms with Gasteiger partial charge in [-0.3, -0.25) is 14.4 Å². The highest BCUT2D eigenvalue weighted by Crippen LogP contribution is 2.23. The first-order chi connectivity index (χ1) is 21.0. The van der Waals surface area contributed by atoms with Crippen LogP contribution in [0.1, 0.15) is 15.9 Å². The van der Waals surface area contributed by atoms with Crippen molar-refractivity contribution in [2.24, 2.45) is 0 Å². The average molecular weight is 588 g/mol. The molecule has 0 aliphatic heterocycles. The van der Waals surface area contributed by atoms with Crippen LogP contribution in [0.5, 0.6) is 5.75 Å². The van der Waals surface area contributed by atoms with Crippen molar-refractivity contribution in [3.8, 4) is 5.75 Å². The van der Waals surface area contributed by atoms with Crippen molar-refractivity contribution in [3.05, 3.63) is 138 Å². The summed E-state index contributed by atoms with van der Waals surface area (Å²) >= 11 is 1.38. The summed E-state index contributed by atoms with van der Waals surface area (Å²) in [6.45, 7) is 0. The molecule has 3 amide bonds. The normalized spacial score (nSPS) is 11.0. The maximum Gasteiger partial charge on any atom is 0.272 e. The van der Waals surface area contributed by atoms with E-state index < -0.39 is 5.91 Å². The number of carbonyl (C=O) groups excluding carboxylic acids is 3. The molecule has 0 saturated heterocycles. The molecule has 5 aromatic rings. The van der Waals surface area contributed by atoms with Crippen molar-refractivity contribution < 1.29 is 19.1 Å². The van der Waals surface area contributed by atoms with E-state index >= 15 is 0 Å². The summed E-state index contributed by atoms with van der Waals surface area (Å²) in [5.41, 5.74) is 2.60. The largest absolute Gasteiger partial charge is 0.497 e. The third kappa shape index (κ3) is 7.90. The second kappa shape index (κ2) is 14.0. The molecule has 0 spiro atoms. The van der Waals surface area contributed by atoms with E-state index in [1.165, 1.54) is 11.8 Å². The average Bonchev–Trinajstić information content (AvgIpc) is 3.05. The molecule has 0 atom stereocenters. The van der Waals surface area contributed by atoms with Gasteiger partial charge >= 0.3 is 0 Å². The van der Waals surface area contributed by atoms with Gasteiger partial charge in [0.05, 0.1) is 12.9 Å². The number of benzene rings is 5. The van der Waals surface area contributed by atoms with E-state index in [-0.39, 0.29) is 23.3 Å². The predicted molar refractivity (Wildman–Crippen MR) is 173 cm³/mol. The van der Waals surface area contributed by atoms with Gasteiger partial charge in [-0.2, -0.15) is 0 Å². The topological polar surface area (TPSA) is 96.5 Å². The number of carbonyl (C=O) groups is 3. The predicted octanol–water partition coefficient (Wildman–Crippen LogP) is 6.99. The second-order valence-electron chi connectivity index (χ2n) is 9.49. The molecule has 0 aromatic heterocycles. The van der Waals surface area contributed by atoms with Gasteiger partial charge in [-0.05, 0) is 83.1 Å². The number of thioether (sulfide) groups is 1. The van der Waals surface area contributed by atoms with Crippen LogP contribution in [0.3, 0.4) is 0 Å². The zero-order chi connectivity index (χ0) is 30.0. The van der Waals surface area contributed by atoms with Crippen LogP contribution in [-0.4, -0.2) is 30.6 Å². The van der Waals surface area contributed by atoms with Crippen LogP contribution >= 0.6 is 11.8 Å². The van der Waals surface area contributed by atoms with Crippen LogP contribution in [0.15, 0.2) is 132 Å². The minimum atomic E-state index is -0.462. The Bertz CT molecular complexity index is 1760. The summed E-state index contributed by atoms with van der Waals surface area (Å²) in [4.78, 5) is 39.7. The molecule has 0 bridgehead atoms. The molecule has 0 heterocycles. The first-order valence-electron chi connectivity index (χ1n) is 13.5. The number of rotatable bonds is 10. The van der Waals surface area contributed by atoms with E-state index in [4.69, 9.17) is 4.74 Å². The SMILES string of the molecule is COc1ccc(NC(=O)CSc2ccc(NC(=O)/C(=C/c3cccc4ccccc34)NC(=O)c3ccccc3)cc2)cc1. The Kier molecular flexibility index (Phi) is 9.51. The molecular weight excluding hydrogens is 558 g/mol. The molecule has 3 N–H and O–H groups in total. The summed E-state index contributed by atoms with van der Waals surface area (Å²) in [6, 6.07) is 36.7. The standard InChI is InChI=1S/C35H29N3O4S/c1-42-29-18-14-27(15-19-29)36-33(39)23-43-30-20-16-28(17-21-30)37-35(41)32(38-34(40)25-9-3-2-4-10-25)22-26-12-7-11-24-8-5-6-13-31(24)26/h2-22H,23H2,1H3,(H,36,39)(H,37,41)(H,38,40)/b32-22-. The van der Waals surface area contributed by atoms with Crippen LogP contribution < -0.4 is 20.7 Å². The molecule has 0 aliphatic carbocycles. The van der Waals surface area contributed by atoms with E-state index in [0.29, 0.717) is 22.7 Å². The van der Waals surface area contributed by atoms with Crippen molar-refractivity contribution in [2.45, 2.75) is 4.90 Å². The Labute approximate surface area is 254 Å². The minimum absolute atomic E-state index is 0.110. The lowest BCUT2D eigenvalue weighted by atomic mass is 10.0. The number of hydrogen-bond donors (Lipinski definition) is 3. The molecule has 214 valence electrons. The van der Waals surface area contributed by atoms with Gasteiger partial charge < -0.3 is 20.7 Å². The zero-order valence-electron chi connectivity index (χ0n) is 23.4. The molecule has 0 radical (unpaired) electrons. The molecule has 5 rings (SSSR count). The minimum Gasteiger partial charge on any atom is -0.497 e. The lowest BCUT2D eigenvalue weighted by Gasteiger charge is -2.12. The fourth-order valence-electron chi connectivity index (χ4n) is 4.33. The fraction of sp³-hybridized carbons (Fsp3) is 0.0571. The number of nitrogens with one attached hydrogen (secondary N) is 3. The molecule has 8 heteroatoms. The molecule has 0 aliphatic rings. The smallest absolute Gasteiger partial charge is 0.272 e. The third-order valence-corrected chi connectivity index (χ3v) is 7.52. The summed E-state index contributed by atoms with van der Waals surface area (Å²) < 4.78 is 5.14. The Balaban J connectivity index is 1.27. The quantitative estimate of drug-likeness (QED) is 0.121. The molecule has 5 aromatic carbocycles. The van der Waals surface area contributed by atoms with Crippen molar-refractivity contribution in [2.75, 3.05) is 23.5 Å². The van der Waals surface area contributed by atoms with Gasteiger partial charge in [0, 0.05) is 21.8 Å². The number of ether oxygens (including phenoxy) is 1. The van der Waals surface area contributed by atoms with Crippen LogP contribution in [0.4, 0.5) is 11.4 Å². The highest BCUT2D eigenvalue weighted by Gasteiger charge is 2.16. The number of fused-ring (bicyclic) bond motifs is 1. The van der Waals surface area contributed by atoms with E-state index in [0.717, 1.165) is 21.2 Å². The number of amides is 3. The van der Waals surface area contributed by atoms with Crippen molar-refractivity contribution in [1.29, 1.82) is 0 Å². The molecule has 43 heavy (non-hydrogen) atoms. The molecule has 7 nitrogen and oxygen atoms in total. The third-order valence-electron chi connectivity index (χ3n) is 6.51. The van der Waals surface area contributed by atoms with Crippen molar-refractivity contribution >= 4 is 57.7 Å². The first-order valence-corrected chi connectivity index (χ1v) is 14.5. The van der Waals surface area contributed by atoms with Crippen LogP contribution in [0, 0.1) is 0 Å². The Morgan fingerprint density at radius 3 is 2.12 bits per heavy atom. The highest BCUT2D eigenvalue weighted by atomic mass is 32.2. The van der Waals surface area contributed by atoms with Gasteiger partial charge in [0.15, 0.2) is 0 Å². The summed E-state index contributed by atoms with van der Waals surface area (Å²) in [6.07, 6.45) is 1.68. The maximum absolute atomic E-state index is 13.5. The maximum atomic E-state index is 13.5. The van der Waals surface area contributed by atoms with Crippen molar-refractivity contribution in [3.63, 3.8) is 0 Å². The van der Waals surface area contributed by atoms with Gasteiger partial charge in [-0.1, -0.05) is 60.7 Å². The number of anilines is 2. The fourth-order valence-corrected chi connectivity index (χ4v) is 5.03. The van der Waals surface area contributed by atoms with E-state index in [1.54, 1.807) is 73.8 Å². The number of methoxy groups -OCH3 is 1. The van der Waals surface area contributed by atoms with Crippen LogP contribution in [-0.2, 0) is 9.59 Å². The lowest BCUT2D eigenvalue weighted by molar-refractivity contribution is -0.114. The van der Waals surface area contributed by atoms with Gasteiger partial charge in [0.25, 0.3) is 11.8 Å². The van der Waals surface area contributed by atoms with E-state index in [9.17, 15) is 14.4 Å². The van der Waals surface area contributed by atoms with Gasteiger partial charge in [-0.15, -0.1) is 11.8 Å². The van der Waals surface area contributed by atoms with Gasteiger partial charge in [0.1, 0.15) is 11.4 Å². The van der Waals surface area contributed by atoms with Gasteiger partial charge in [-0.25, -0.2) is 0 Å². The van der Waals surface area contributed by atoms with Crippen LogP contribution in [0.2, 0.25) is 0 Å². The molecule has 0 unspecified atom stereocenters. The van der Waals surface area contributed by atoms with E-state index in [2.05, 4.69) is 16.0 Å². The number of hydrogen-bond acceptors (Lipinski definition) is 5. The molecule has 0 saturated carbocycles. The Morgan fingerprint density at radius 2 is 1.37 bits per heavy atom. The van der Waals surface area contributed by atoms with E-state index in [1.807, 2.05) is 60.7 Å². The lowest BCUT2D eigenvalue weighted by Crippen LogP contribution is -2.30. The van der Waals surface area contributed by atoms with Gasteiger partial charge in [0.2, 0.25) is 5.91 Å². The second-order valence-corrected chi connectivity index (χ2v) is 10.5. The summed E-state index contributed by atoms with van der Waals surface area (Å²) in [5, 5.41) is 10.5. The van der Waals surface area contributed by atoms with Crippen LogP contribution in [0.25, 0.3) is 16.8 Å². The summed E-state index contributed by atoms with van der Waals surface area (Å²) in [5.74, 6) is -0.0427. The monoisotopic (exact) mass is 587 g/mol. The zero-order valence-corrected chi connectivity index (χ0v) is 24.2. The first kappa shape index (κ1) is 29.2. The highest BCUT2D eigenvalue weighted by molar-refractivity contribution is 8.00. The Morgan fingerprint density at radius 1 is 0.721 bits per heavy atom. The molecule has 0 fully saturated rings.